The summed E-state index contributed by atoms with van der Waals surface area (Å²) in [7, 11) is -1.79. The number of amides is 1. The van der Waals surface area contributed by atoms with Crippen molar-refractivity contribution >= 4 is 33.7 Å². The highest BCUT2D eigenvalue weighted by Gasteiger charge is 2.39. The molecule has 248 valence electrons. The van der Waals surface area contributed by atoms with Crippen molar-refractivity contribution in [2.24, 2.45) is 5.73 Å². The standard InChI is InChI=1S/C22H27N5O3S.2C2HF3O2/c1-26-9-7-16-5-6-19(12-18(16)14-26)31(29,30)25-20-8-10-27(22(20)28)13-15-3-2-4-17(11-15)21(23)24;2*3-2(4,5)1(6)7/h2-6,11-12,20,25H,7-10,13-14H2,1H3,(H3,23,24);2*(H,6,7)/t20-;;/m0../s1. The van der Waals surface area contributed by atoms with Crippen LogP contribution in [0.3, 0.4) is 0 Å². The number of nitrogens with two attached hydrogens (primary N) is 1. The summed E-state index contributed by atoms with van der Waals surface area (Å²) in [4.78, 5) is 34.6. The number of carbonyl (C=O) groups excluding carboxylic acids is 1. The Kier molecular flexibility index (Phi) is 12.1. The van der Waals surface area contributed by atoms with Gasteiger partial charge < -0.3 is 25.7 Å². The Hall–Kier alpha value is -4.23. The van der Waals surface area contributed by atoms with Crippen molar-refractivity contribution in [1.82, 2.24) is 14.5 Å². The van der Waals surface area contributed by atoms with Crippen LogP contribution in [0.2, 0.25) is 0 Å². The van der Waals surface area contributed by atoms with Crippen LogP contribution < -0.4 is 10.5 Å². The van der Waals surface area contributed by atoms with Gasteiger partial charge >= 0.3 is 24.3 Å². The number of hydrogen-bond acceptors (Lipinski definition) is 7. The number of aliphatic carboxylic acids is 2. The van der Waals surface area contributed by atoms with Gasteiger partial charge in [-0.15, -0.1) is 0 Å². The molecule has 0 radical (unpaired) electrons. The van der Waals surface area contributed by atoms with Crippen LogP contribution in [0.1, 0.15) is 28.7 Å². The Balaban J connectivity index is 0.000000421. The van der Waals surface area contributed by atoms with Crippen molar-refractivity contribution < 1.29 is 59.4 Å². The number of nitrogen functional groups attached to an aromatic ring is 1. The molecule has 0 saturated carbocycles. The molecule has 1 atom stereocenters. The van der Waals surface area contributed by atoms with Crippen molar-refractivity contribution in [1.29, 1.82) is 5.41 Å². The van der Waals surface area contributed by atoms with Crippen LogP contribution in [0.15, 0.2) is 47.4 Å². The number of alkyl halides is 6. The minimum Gasteiger partial charge on any atom is -0.475 e. The molecule has 1 saturated heterocycles. The molecular weight excluding hydrogens is 640 g/mol. The highest BCUT2D eigenvalue weighted by atomic mass is 32.2. The maximum atomic E-state index is 13.0. The van der Waals surface area contributed by atoms with Gasteiger partial charge in [-0.2, -0.15) is 31.1 Å². The number of fused-ring (bicyclic) bond motifs is 1. The van der Waals surface area contributed by atoms with Crippen molar-refractivity contribution in [3.8, 4) is 0 Å². The van der Waals surface area contributed by atoms with E-state index in [1.54, 1.807) is 35.2 Å². The van der Waals surface area contributed by atoms with Crippen LogP contribution in [0, 0.1) is 5.41 Å². The first-order valence-corrected chi connectivity index (χ1v) is 14.2. The molecule has 2 aromatic rings. The van der Waals surface area contributed by atoms with Crippen LogP contribution in [-0.4, -0.2) is 90.6 Å². The molecule has 2 aliphatic rings. The van der Waals surface area contributed by atoms with Gasteiger partial charge in [0.25, 0.3) is 0 Å². The quantitative estimate of drug-likeness (QED) is 0.174. The van der Waals surface area contributed by atoms with Crippen molar-refractivity contribution in [3.63, 3.8) is 0 Å². The molecule has 6 N–H and O–H groups in total. The Morgan fingerprint density at radius 3 is 2.11 bits per heavy atom. The summed E-state index contributed by atoms with van der Waals surface area (Å²) < 4.78 is 92.0. The van der Waals surface area contributed by atoms with Gasteiger partial charge in [-0.25, -0.2) is 18.0 Å². The lowest BCUT2D eigenvalue weighted by molar-refractivity contribution is -0.193. The fourth-order valence-electron chi connectivity index (χ4n) is 4.16. The number of carboxylic acids is 2. The largest absolute Gasteiger partial charge is 0.490 e. The fraction of sp³-hybridized carbons (Fsp3) is 0.385. The lowest BCUT2D eigenvalue weighted by Crippen LogP contribution is -2.41. The van der Waals surface area contributed by atoms with Gasteiger partial charge in [-0.1, -0.05) is 24.3 Å². The lowest BCUT2D eigenvalue weighted by Gasteiger charge is -2.25. The first-order valence-electron chi connectivity index (χ1n) is 12.8. The number of sulfonamides is 1. The molecule has 4 rings (SSSR count). The van der Waals surface area contributed by atoms with Gasteiger partial charge in [0.05, 0.1) is 4.90 Å². The van der Waals surface area contributed by atoms with Gasteiger partial charge in [-0.05, 0) is 54.8 Å². The van der Waals surface area contributed by atoms with Crippen molar-refractivity contribution in [3.05, 3.63) is 64.7 Å². The van der Waals surface area contributed by atoms with Crippen LogP contribution in [0.4, 0.5) is 26.3 Å². The van der Waals surface area contributed by atoms with E-state index in [2.05, 4.69) is 9.62 Å². The lowest BCUT2D eigenvalue weighted by atomic mass is 10.0. The van der Waals surface area contributed by atoms with Crippen LogP contribution in [0.5, 0.6) is 0 Å². The molecule has 0 bridgehead atoms. The molecule has 19 heteroatoms. The SMILES string of the molecule is CN1CCc2ccc(S(=O)(=O)N[C@H]3CCN(Cc4cccc(C(=N)N)c4)C3=O)cc2C1.O=C(O)C(F)(F)F.O=C(O)C(F)(F)F. The molecule has 1 amide bonds. The van der Waals surface area contributed by atoms with Crippen molar-refractivity contribution in [2.45, 2.75) is 49.2 Å². The van der Waals surface area contributed by atoms with E-state index in [-0.39, 0.29) is 16.6 Å². The van der Waals surface area contributed by atoms with E-state index in [0.717, 1.165) is 24.1 Å². The van der Waals surface area contributed by atoms with E-state index in [0.29, 0.717) is 31.6 Å². The van der Waals surface area contributed by atoms with Gasteiger partial charge in [0, 0.05) is 31.7 Å². The highest BCUT2D eigenvalue weighted by Crippen LogP contribution is 2.23. The molecule has 0 spiro atoms. The third kappa shape index (κ3) is 11.0. The van der Waals surface area contributed by atoms with Crippen LogP contribution in [-0.2, 0) is 43.9 Å². The first kappa shape index (κ1) is 37.0. The summed E-state index contributed by atoms with van der Waals surface area (Å²) in [5, 5.41) is 21.8. The second-order valence-electron chi connectivity index (χ2n) is 9.86. The highest BCUT2D eigenvalue weighted by molar-refractivity contribution is 7.89. The van der Waals surface area contributed by atoms with Gasteiger partial charge in [0.1, 0.15) is 11.9 Å². The average molecular weight is 670 g/mol. The molecular formula is C26H29F6N5O7S. The predicted octanol–water partition coefficient (Wildman–Crippen LogP) is 2.30. The van der Waals surface area contributed by atoms with Gasteiger partial charge in [0.2, 0.25) is 15.9 Å². The van der Waals surface area contributed by atoms with Gasteiger partial charge in [0.15, 0.2) is 0 Å². The number of halogens is 6. The smallest absolute Gasteiger partial charge is 0.475 e. The van der Waals surface area contributed by atoms with Crippen LogP contribution >= 0.6 is 0 Å². The average Bonchev–Trinajstić information content (AvgIpc) is 3.25. The second-order valence-corrected chi connectivity index (χ2v) is 11.6. The Bertz CT molecular complexity index is 1510. The molecule has 0 unspecified atom stereocenters. The van der Waals surface area contributed by atoms with E-state index in [1.165, 1.54) is 5.56 Å². The minimum atomic E-state index is -5.08. The third-order valence-corrected chi connectivity index (χ3v) is 7.85. The number of hydrogen-bond donors (Lipinski definition) is 5. The van der Waals surface area contributed by atoms with E-state index < -0.39 is 40.4 Å². The number of nitrogens with zero attached hydrogens (tertiary/aromatic N) is 2. The summed E-state index contributed by atoms with van der Waals surface area (Å²) in [6.07, 6.45) is -8.85. The molecule has 2 aliphatic heterocycles. The maximum absolute atomic E-state index is 13.0. The monoisotopic (exact) mass is 669 g/mol. The van der Waals surface area contributed by atoms with E-state index in [9.17, 15) is 39.6 Å². The number of rotatable bonds is 6. The molecule has 2 heterocycles. The summed E-state index contributed by atoms with van der Waals surface area (Å²) in [5.74, 6) is -5.79. The molecule has 12 nitrogen and oxygen atoms in total. The van der Waals surface area contributed by atoms with Crippen LogP contribution in [0.25, 0.3) is 0 Å². The van der Waals surface area contributed by atoms with E-state index >= 15 is 0 Å². The Morgan fingerprint density at radius 1 is 1.00 bits per heavy atom. The van der Waals surface area contributed by atoms with Crippen molar-refractivity contribution in [2.75, 3.05) is 20.1 Å². The van der Waals surface area contributed by atoms with Gasteiger partial charge in [-0.3, -0.25) is 10.2 Å². The number of benzene rings is 2. The summed E-state index contributed by atoms with van der Waals surface area (Å²) >= 11 is 0. The second kappa shape index (κ2) is 14.7. The Labute approximate surface area is 253 Å². The topological polar surface area (TPSA) is 194 Å². The molecule has 2 aromatic carbocycles. The molecule has 45 heavy (non-hydrogen) atoms. The Morgan fingerprint density at radius 2 is 1.58 bits per heavy atom. The fourth-order valence-corrected chi connectivity index (χ4v) is 5.43. The minimum absolute atomic E-state index is 0.0310. The maximum Gasteiger partial charge on any atom is 0.490 e. The zero-order valence-corrected chi connectivity index (χ0v) is 24.3. The zero-order chi connectivity index (χ0) is 34.3. The zero-order valence-electron chi connectivity index (χ0n) is 23.4. The molecule has 1 fully saturated rings. The summed E-state index contributed by atoms with van der Waals surface area (Å²) in [5.41, 5.74) is 9.17. The summed E-state index contributed by atoms with van der Waals surface area (Å²) in [6, 6.07) is 11.6. The van der Waals surface area contributed by atoms with E-state index in [4.69, 9.17) is 30.9 Å². The third-order valence-electron chi connectivity index (χ3n) is 6.38. The number of amidine groups is 1. The van der Waals surface area contributed by atoms with E-state index in [1.807, 2.05) is 19.2 Å². The number of carbonyl (C=O) groups is 3. The molecule has 0 aromatic heterocycles. The number of likely N-dealkylation sites (N-methyl/N-ethyl adjacent to an activating group) is 1. The molecule has 0 aliphatic carbocycles. The predicted molar refractivity (Wildman–Crippen MR) is 145 cm³/mol. The number of carboxylic acid groups (broad SMARTS) is 2. The number of nitrogens with one attached hydrogen (secondary N) is 2. The summed E-state index contributed by atoms with van der Waals surface area (Å²) in [6.45, 7) is 2.49. The number of likely N-dealkylation sites (tertiary alicyclic amines) is 1. The normalized spacial score (nSPS) is 16.9. The first-order chi connectivity index (χ1) is 20.6.